The number of hydrogen-bond acceptors (Lipinski definition) is 7. The second-order valence-corrected chi connectivity index (χ2v) is 6.91. The van der Waals surface area contributed by atoms with Gasteiger partial charge in [0, 0.05) is 28.8 Å². The van der Waals surface area contributed by atoms with E-state index in [4.69, 9.17) is 4.74 Å². The summed E-state index contributed by atoms with van der Waals surface area (Å²) in [5.41, 5.74) is 1.45. The minimum Gasteiger partial charge on any atom is -0.481 e. The average molecular weight is 395 g/mol. The first-order valence-corrected chi connectivity index (χ1v) is 9.32. The summed E-state index contributed by atoms with van der Waals surface area (Å²) in [6.45, 7) is 0.689. The fourth-order valence-corrected chi connectivity index (χ4v) is 3.32. The maximum atomic E-state index is 12.4. The van der Waals surface area contributed by atoms with Crippen LogP contribution in [0.15, 0.2) is 54.6 Å². The van der Waals surface area contributed by atoms with Crippen molar-refractivity contribution in [3.63, 3.8) is 0 Å². The zero-order chi connectivity index (χ0) is 19.3. The van der Waals surface area contributed by atoms with Gasteiger partial charge in [0.15, 0.2) is 0 Å². The SMILES string of the molecule is COc1cc(-c2cnn(CC(=O)Nc3ccnn3Cc3cccs3)c2)ncn1. The molecule has 10 heteroatoms. The molecule has 142 valence electrons. The van der Waals surface area contributed by atoms with Gasteiger partial charge in [-0.3, -0.25) is 9.48 Å². The number of hydrogen-bond donors (Lipinski definition) is 1. The van der Waals surface area contributed by atoms with Gasteiger partial charge in [0.1, 0.15) is 18.7 Å². The molecule has 0 radical (unpaired) electrons. The summed E-state index contributed by atoms with van der Waals surface area (Å²) in [7, 11) is 1.54. The molecule has 0 aliphatic rings. The molecule has 0 bridgehead atoms. The van der Waals surface area contributed by atoms with E-state index < -0.39 is 0 Å². The van der Waals surface area contributed by atoms with Crippen molar-refractivity contribution in [2.75, 3.05) is 12.4 Å². The Labute approximate surface area is 164 Å². The number of thiophene rings is 1. The summed E-state index contributed by atoms with van der Waals surface area (Å²) in [6.07, 6.45) is 6.49. The van der Waals surface area contributed by atoms with Gasteiger partial charge < -0.3 is 10.1 Å². The molecule has 28 heavy (non-hydrogen) atoms. The molecular formula is C18H17N7O2S. The molecule has 0 aliphatic heterocycles. The van der Waals surface area contributed by atoms with E-state index in [0.29, 0.717) is 23.9 Å². The molecule has 4 aromatic heterocycles. The number of carbonyl (C=O) groups is 1. The van der Waals surface area contributed by atoms with Crippen LogP contribution in [-0.4, -0.2) is 42.5 Å². The predicted molar refractivity (Wildman–Crippen MR) is 104 cm³/mol. The summed E-state index contributed by atoms with van der Waals surface area (Å²) < 4.78 is 8.42. The second kappa shape index (κ2) is 8.01. The Kier molecular flexibility index (Phi) is 5.11. The van der Waals surface area contributed by atoms with E-state index in [1.54, 1.807) is 58.5 Å². The van der Waals surface area contributed by atoms with Crippen LogP contribution in [0.25, 0.3) is 11.3 Å². The Hall–Kier alpha value is -3.53. The zero-order valence-electron chi connectivity index (χ0n) is 15.0. The number of anilines is 1. The third-order valence-corrected chi connectivity index (χ3v) is 4.82. The fraction of sp³-hybridized carbons (Fsp3) is 0.167. The van der Waals surface area contributed by atoms with E-state index >= 15 is 0 Å². The van der Waals surface area contributed by atoms with Crippen molar-refractivity contribution in [2.24, 2.45) is 0 Å². The first-order valence-electron chi connectivity index (χ1n) is 8.44. The Bertz CT molecular complexity index is 1070. The molecule has 9 nitrogen and oxygen atoms in total. The minimum atomic E-state index is -0.192. The van der Waals surface area contributed by atoms with E-state index in [2.05, 4.69) is 25.5 Å². The molecule has 0 unspecified atom stereocenters. The van der Waals surface area contributed by atoms with E-state index in [9.17, 15) is 4.79 Å². The Morgan fingerprint density at radius 1 is 1.29 bits per heavy atom. The lowest BCUT2D eigenvalue weighted by Gasteiger charge is -2.08. The van der Waals surface area contributed by atoms with Crippen molar-refractivity contribution in [3.05, 3.63) is 59.4 Å². The Morgan fingerprint density at radius 3 is 3.04 bits per heavy atom. The van der Waals surface area contributed by atoms with Gasteiger partial charge in [-0.05, 0) is 11.4 Å². The highest BCUT2D eigenvalue weighted by molar-refractivity contribution is 7.09. The lowest BCUT2D eigenvalue weighted by molar-refractivity contribution is -0.116. The summed E-state index contributed by atoms with van der Waals surface area (Å²) in [6, 6.07) is 7.51. The lowest BCUT2D eigenvalue weighted by atomic mass is 10.2. The van der Waals surface area contributed by atoms with Crippen molar-refractivity contribution in [1.29, 1.82) is 0 Å². The third-order valence-electron chi connectivity index (χ3n) is 3.96. The van der Waals surface area contributed by atoms with E-state index in [-0.39, 0.29) is 12.5 Å². The molecule has 0 aliphatic carbocycles. The monoisotopic (exact) mass is 395 g/mol. The quantitative estimate of drug-likeness (QED) is 0.515. The van der Waals surface area contributed by atoms with Gasteiger partial charge in [0.25, 0.3) is 0 Å². The van der Waals surface area contributed by atoms with Crippen molar-refractivity contribution in [1.82, 2.24) is 29.5 Å². The molecule has 1 amide bonds. The van der Waals surface area contributed by atoms with Gasteiger partial charge in [-0.2, -0.15) is 10.2 Å². The topological polar surface area (TPSA) is 99.8 Å². The first kappa shape index (κ1) is 17.9. The van der Waals surface area contributed by atoms with Crippen molar-refractivity contribution in [3.8, 4) is 17.1 Å². The van der Waals surface area contributed by atoms with Gasteiger partial charge in [-0.1, -0.05) is 6.07 Å². The molecule has 0 spiro atoms. The highest BCUT2D eigenvalue weighted by atomic mass is 32.1. The van der Waals surface area contributed by atoms with Gasteiger partial charge in [0.2, 0.25) is 11.8 Å². The highest BCUT2D eigenvalue weighted by Gasteiger charge is 2.11. The van der Waals surface area contributed by atoms with Crippen LogP contribution in [-0.2, 0) is 17.9 Å². The number of carbonyl (C=O) groups excluding carboxylic acids is 1. The molecule has 4 rings (SSSR count). The van der Waals surface area contributed by atoms with Crippen LogP contribution in [0.5, 0.6) is 5.88 Å². The molecule has 0 saturated heterocycles. The summed E-state index contributed by atoms with van der Waals surface area (Å²) in [5, 5.41) is 13.4. The van der Waals surface area contributed by atoms with Gasteiger partial charge >= 0.3 is 0 Å². The minimum absolute atomic E-state index is 0.0758. The molecule has 0 fully saturated rings. The number of rotatable bonds is 7. The largest absolute Gasteiger partial charge is 0.481 e. The first-order chi connectivity index (χ1) is 13.7. The molecular weight excluding hydrogens is 378 g/mol. The normalized spacial score (nSPS) is 10.8. The zero-order valence-corrected chi connectivity index (χ0v) is 15.8. The lowest BCUT2D eigenvalue weighted by Crippen LogP contribution is -2.21. The number of ether oxygens (including phenoxy) is 1. The van der Waals surface area contributed by atoms with Gasteiger partial charge in [-0.25, -0.2) is 14.6 Å². The number of aromatic nitrogens is 6. The van der Waals surface area contributed by atoms with Crippen molar-refractivity contribution in [2.45, 2.75) is 13.1 Å². The standard InChI is InChI=1S/C18H17N7O2S/c1-27-18-7-15(19-12-20-18)13-8-22-24(9-13)11-17(26)23-16-4-5-21-25(16)10-14-3-2-6-28-14/h2-9,12H,10-11H2,1H3,(H,23,26). The van der Waals surface area contributed by atoms with Crippen LogP contribution in [0, 0.1) is 0 Å². The molecule has 0 atom stereocenters. The van der Waals surface area contributed by atoms with E-state index in [1.807, 2.05) is 17.5 Å². The highest BCUT2D eigenvalue weighted by Crippen LogP contribution is 2.19. The Balaban J connectivity index is 1.41. The van der Waals surface area contributed by atoms with Crippen LogP contribution in [0.4, 0.5) is 5.82 Å². The maximum absolute atomic E-state index is 12.4. The van der Waals surface area contributed by atoms with E-state index in [0.717, 1.165) is 10.4 Å². The van der Waals surface area contributed by atoms with Gasteiger partial charge in [-0.15, -0.1) is 11.3 Å². The molecule has 0 saturated carbocycles. The fourth-order valence-electron chi connectivity index (χ4n) is 2.64. The predicted octanol–water partition coefficient (Wildman–Crippen LogP) is 2.29. The number of nitrogens with zero attached hydrogens (tertiary/aromatic N) is 6. The van der Waals surface area contributed by atoms with Crippen LogP contribution in [0.2, 0.25) is 0 Å². The van der Waals surface area contributed by atoms with Gasteiger partial charge in [0.05, 0.1) is 31.7 Å². The Morgan fingerprint density at radius 2 is 2.21 bits per heavy atom. The molecule has 4 aromatic rings. The van der Waals surface area contributed by atoms with Crippen LogP contribution < -0.4 is 10.1 Å². The number of methoxy groups -OCH3 is 1. The summed E-state index contributed by atoms with van der Waals surface area (Å²) >= 11 is 1.65. The average Bonchev–Trinajstić information content (AvgIpc) is 3.46. The summed E-state index contributed by atoms with van der Waals surface area (Å²) in [5.74, 6) is 0.920. The third kappa shape index (κ3) is 4.07. The van der Waals surface area contributed by atoms with Crippen LogP contribution in [0.1, 0.15) is 4.88 Å². The molecule has 0 aromatic carbocycles. The maximum Gasteiger partial charge on any atom is 0.247 e. The second-order valence-electron chi connectivity index (χ2n) is 5.87. The van der Waals surface area contributed by atoms with Crippen LogP contribution in [0.3, 0.4) is 0 Å². The number of nitrogens with one attached hydrogen (secondary N) is 1. The van der Waals surface area contributed by atoms with E-state index in [1.165, 1.54) is 6.33 Å². The van der Waals surface area contributed by atoms with Crippen molar-refractivity contribution < 1.29 is 9.53 Å². The summed E-state index contributed by atoms with van der Waals surface area (Å²) in [4.78, 5) is 21.8. The molecule has 1 N–H and O–H groups in total. The number of amides is 1. The van der Waals surface area contributed by atoms with Crippen molar-refractivity contribution >= 4 is 23.1 Å². The van der Waals surface area contributed by atoms with Crippen LogP contribution >= 0.6 is 11.3 Å². The smallest absolute Gasteiger partial charge is 0.247 e. The molecule has 4 heterocycles.